The SMILES string of the molecule is CN=C/C(=N\N)C1CC2(C[C@H](C)N1)c1ccc(Cl)cc1CCN2C. The zero-order valence-corrected chi connectivity index (χ0v) is 15.3. The molecule has 3 rings (SSSR count). The van der Waals surface area contributed by atoms with Gasteiger partial charge >= 0.3 is 0 Å². The van der Waals surface area contributed by atoms with Crippen molar-refractivity contribution >= 4 is 23.5 Å². The van der Waals surface area contributed by atoms with Crippen LogP contribution in [0.3, 0.4) is 0 Å². The van der Waals surface area contributed by atoms with E-state index in [4.69, 9.17) is 17.4 Å². The molecule has 0 aliphatic carbocycles. The molecule has 2 aliphatic rings. The van der Waals surface area contributed by atoms with Gasteiger partial charge in [-0.25, -0.2) is 0 Å². The first-order chi connectivity index (χ1) is 11.5. The van der Waals surface area contributed by atoms with E-state index in [2.05, 4.69) is 46.4 Å². The molecule has 1 fully saturated rings. The van der Waals surface area contributed by atoms with Crippen LogP contribution in [0.15, 0.2) is 28.3 Å². The number of aliphatic imine (C=N–C) groups is 1. The fraction of sp³-hybridized carbons (Fsp3) is 0.556. The molecule has 1 aromatic rings. The average molecular weight is 348 g/mol. The van der Waals surface area contributed by atoms with Crippen molar-refractivity contribution in [1.82, 2.24) is 10.2 Å². The quantitative estimate of drug-likeness (QED) is 0.489. The van der Waals surface area contributed by atoms with Crippen LogP contribution in [0.1, 0.15) is 30.9 Å². The van der Waals surface area contributed by atoms with Gasteiger partial charge in [-0.1, -0.05) is 17.7 Å². The van der Waals surface area contributed by atoms with E-state index < -0.39 is 0 Å². The molecular weight excluding hydrogens is 322 g/mol. The highest BCUT2D eigenvalue weighted by Gasteiger charge is 2.47. The van der Waals surface area contributed by atoms with Gasteiger partial charge < -0.3 is 11.2 Å². The highest BCUT2D eigenvalue weighted by Crippen LogP contribution is 2.44. The van der Waals surface area contributed by atoms with Gasteiger partial charge in [0.25, 0.3) is 0 Å². The first kappa shape index (κ1) is 17.4. The second kappa shape index (κ2) is 6.82. The fourth-order valence-corrected chi connectivity index (χ4v) is 4.58. The summed E-state index contributed by atoms with van der Waals surface area (Å²) in [6.45, 7) is 3.26. The second-order valence-corrected chi connectivity index (χ2v) is 7.41. The largest absolute Gasteiger partial charge is 0.323 e. The fourth-order valence-electron chi connectivity index (χ4n) is 4.39. The standard InChI is InChI=1S/C18H26ClN5/c1-12-9-18(10-16(22-12)17(23-20)11-21-2)15-5-4-14(19)8-13(15)6-7-24(18)3/h4-5,8,11-12,16,22H,6-7,9-10,20H2,1-3H3/b21-11?,23-17+/t12-,16?,18?/m0/s1. The average Bonchev–Trinajstić information content (AvgIpc) is 2.55. The first-order valence-electron chi connectivity index (χ1n) is 8.46. The number of likely N-dealkylation sites (N-methyl/N-ethyl adjacent to an activating group) is 1. The Kier molecular flexibility index (Phi) is 4.95. The van der Waals surface area contributed by atoms with Crippen molar-refractivity contribution in [2.45, 2.75) is 43.8 Å². The summed E-state index contributed by atoms with van der Waals surface area (Å²) in [6, 6.07) is 6.78. The van der Waals surface area contributed by atoms with Gasteiger partial charge in [0.1, 0.15) is 0 Å². The molecule has 1 spiro atoms. The van der Waals surface area contributed by atoms with Gasteiger partial charge in [-0.05, 0) is 56.5 Å². The van der Waals surface area contributed by atoms with E-state index in [1.54, 1.807) is 13.3 Å². The van der Waals surface area contributed by atoms with Gasteiger partial charge in [0.05, 0.1) is 11.8 Å². The Hall–Kier alpha value is -1.43. The Morgan fingerprint density at radius 1 is 1.46 bits per heavy atom. The summed E-state index contributed by atoms with van der Waals surface area (Å²) in [7, 11) is 3.97. The zero-order valence-electron chi connectivity index (χ0n) is 14.6. The number of piperidine rings is 1. The number of halogens is 1. The minimum absolute atomic E-state index is 0.0228. The van der Waals surface area contributed by atoms with E-state index in [0.717, 1.165) is 36.5 Å². The lowest BCUT2D eigenvalue weighted by atomic mass is 9.70. The lowest BCUT2D eigenvalue weighted by Gasteiger charge is -2.53. The van der Waals surface area contributed by atoms with E-state index in [-0.39, 0.29) is 11.6 Å². The number of fused-ring (bicyclic) bond motifs is 2. The van der Waals surface area contributed by atoms with Crippen LogP contribution in [-0.2, 0) is 12.0 Å². The van der Waals surface area contributed by atoms with Crippen molar-refractivity contribution in [3.63, 3.8) is 0 Å². The van der Waals surface area contributed by atoms with Gasteiger partial charge in [0.2, 0.25) is 0 Å². The highest BCUT2D eigenvalue weighted by atomic mass is 35.5. The smallest absolute Gasteiger partial charge is 0.0948 e. The molecule has 2 aliphatic heterocycles. The summed E-state index contributed by atoms with van der Waals surface area (Å²) in [6.07, 6.45) is 4.77. The molecule has 24 heavy (non-hydrogen) atoms. The lowest BCUT2D eigenvalue weighted by Crippen LogP contribution is -2.61. The number of benzene rings is 1. The van der Waals surface area contributed by atoms with Gasteiger partial charge in [-0.3, -0.25) is 9.89 Å². The van der Waals surface area contributed by atoms with Crippen LogP contribution in [0, 0.1) is 0 Å². The molecule has 0 saturated carbocycles. The summed E-state index contributed by atoms with van der Waals surface area (Å²) in [5.41, 5.74) is 3.54. The van der Waals surface area contributed by atoms with Crippen LogP contribution in [0.2, 0.25) is 5.02 Å². The molecule has 3 N–H and O–H groups in total. The number of hydrazone groups is 1. The normalized spacial score (nSPS) is 31.6. The molecule has 2 unspecified atom stereocenters. The van der Waals surface area contributed by atoms with Crippen LogP contribution in [0.4, 0.5) is 0 Å². The third-order valence-electron chi connectivity index (χ3n) is 5.45. The van der Waals surface area contributed by atoms with E-state index in [1.165, 1.54) is 11.1 Å². The Morgan fingerprint density at radius 3 is 2.96 bits per heavy atom. The molecule has 2 heterocycles. The minimum atomic E-state index is -0.0228. The van der Waals surface area contributed by atoms with Gasteiger partial charge in [0.15, 0.2) is 0 Å². The van der Waals surface area contributed by atoms with Crippen LogP contribution in [0.25, 0.3) is 0 Å². The monoisotopic (exact) mass is 347 g/mol. The van der Waals surface area contributed by atoms with Crippen molar-refractivity contribution in [2.24, 2.45) is 15.9 Å². The predicted octanol–water partition coefficient (Wildman–Crippen LogP) is 2.18. The van der Waals surface area contributed by atoms with Crippen molar-refractivity contribution in [2.75, 3.05) is 20.6 Å². The molecule has 0 bridgehead atoms. The number of nitrogens with one attached hydrogen (secondary N) is 1. The van der Waals surface area contributed by atoms with Crippen LogP contribution < -0.4 is 11.2 Å². The minimum Gasteiger partial charge on any atom is -0.323 e. The van der Waals surface area contributed by atoms with Crippen molar-refractivity contribution in [3.05, 3.63) is 34.3 Å². The molecule has 130 valence electrons. The highest BCUT2D eigenvalue weighted by molar-refractivity contribution is 6.33. The maximum absolute atomic E-state index is 6.23. The van der Waals surface area contributed by atoms with Crippen LogP contribution in [0.5, 0.6) is 0 Å². The molecule has 0 aromatic heterocycles. The topological polar surface area (TPSA) is 66.0 Å². The van der Waals surface area contributed by atoms with Crippen LogP contribution in [-0.4, -0.2) is 49.5 Å². The Labute approximate surface area is 149 Å². The second-order valence-electron chi connectivity index (χ2n) is 6.97. The lowest BCUT2D eigenvalue weighted by molar-refractivity contribution is 0.0466. The summed E-state index contributed by atoms with van der Waals surface area (Å²) in [5.74, 6) is 5.63. The maximum atomic E-state index is 6.23. The van der Waals surface area contributed by atoms with Gasteiger partial charge in [0, 0.05) is 36.4 Å². The van der Waals surface area contributed by atoms with E-state index in [1.807, 2.05) is 6.07 Å². The Bertz CT molecular complexity index is 671. The Morgan fingerprint density at radius 2 is 2.25 bits per heavy atom. The molecule has 0 radical (unpaired) electrons. The molecule has 1 saturated heterocycles. The summed E-state index contributed by atoms with van der Waals surface area (Å²) in [4.78, 5) is 6.60. The Balaban J connectivity index is 2.05. The third kappa shape index (κ3) is 2.96. The van der Waals surface area contributed by atoms with E-state index in [0.29, 0.717) is 6.04 Å². The van der Waals surface area contributed by atoms with Crippen LogP contribution >= 0.6 is 11.6 Å². The predicted molar refractivity (Wildman–Crippen MR) is 101 cm³/mol. The first-order valence-corrected chi connectivity index (χ1v) is 8.84. The zero-order chi connectivity index (χ0) is 17.3. The summed E-state index contributed by atoms with van der Waals surface area (Å²) >= 11 is 6.23. The van der Waals surface area contributed by atoms with E-state index in [9.17, 15) is 0 Å². The van der Waals surface area contributed by atoms with Crippen molar-refractivity contribution < 1.29 is 0 Å². The summed E-state index contributed by atoms with van der Waals surface area (Å²) < 4.78 is 0. The van der Waals surface area contributed by atoms with E-state index >= 15 is 0 Å². The number of rotatable bonds is 2. The third-order valence-corrected chi connectivity index (χ3v) is 5.69. The molecular formula is C18H26ClN5. The maximum Gasteiger partial charge on any atom is 0.0948 e. The number of nitrogens with zero attached hydrogens (tertiary/aromatic N) is 3. The molecule has 6 heteroatoms. The molecule has 0 amide bonds. The number of hydrogen-bond acceptors (Lipinski definition) is 5. The van der Waals surface area contributed by atoms with Crippen molar-refractivity contribution in [3.8, 4) is 0 Å². The van der Waals surface area contributed by atoms with Crippen molar-refractivity contribution in [1.29, 1.82) is 0 Å². The van der Waals surface area contributed by atoms with Gasteiger partial charge in [-0.2, -0.15) is 5.10 Å². The molecule has 1 aromatic carbocycles. The molecule has 3 atom stereocenters. The summed E-state index contributed by atoms with van der Waals surface area (Å²) in [5, 5.41) is 8.42. The molecule has 5 nitrogen and oxygen atoms in total. The number of hydrogen-bond donors (Lipinski definition) is 2. The van der Waals surface area contributed by atoms with Gasteiger partial charge in [-0.15, -0.1) is 0 Å². The number of nitrogens with two attached hydrogens (primary N) is 1.